The number of anilines is 2. The van der Waals surface area contributed by atoms with E-state index in [0.29, 0.717) is 17.1 Å². The van der Waals surface area contributed by atoms with Gasteiger partial charge in [-0.1, -0.05) is 23.8 Å². The van der Waals surface area contributed by atoms with Gasteiger partial charge >= 0.3 is 0 Å². The fourth-order valence-electron chi connectivity index (χ4n) is 3.98. The van der Waals surface area contributed by atoms with Gasteiger partial charge in [-0.05, 0) is 68.7 Å². The Bertz CT molecular complexity index is 1290. The first-order valence-electron chi connectivity index (χ1n) is 10.5. The summed E-state index contributed by atoms with van der Waals surface area (Å²) in [5.41, 5.74) is 5.81. The fraction of sp³-hybridized carbons (Fsp3) is 0.160. The van der Waals surface area contributed by atoms with Gasteiger partial charge in [-0.3, -0.25) is 9.59 Å². The second-order valence-corrected chi connectivity index (χ2v) is 7.84. The summed E-state index contributed by atoms with van der Waals surface area (Å²) in [6.45, 7) is 2.04. The summed E-state index contributed by atoms with van der Waals surface area (Å²) in [5.74, 6) is -0.395. The first kappa shape index (κ1) is 19.8. The number of hydrogen-bond acceptors (Lipinski definition) is 4. The molecule has 0 radical (unpaired) electrons. The number of hydrogen-bond donors (Lipinski definition) is 2. The van der Waals surface area contributed by atoms with Gasteiger partial charge in [-0.15, -0.1) is 0 Å². The molecule has 0 unspecified atom stereocenters. The smallest absolute Gasteiger partial charge is 0.291 e. The lowest BCUT2D eigenvalue weighted by Crippen LogP contribution is -2.15. The van der Waals surface area contributed by atoms with Gasteiger partial charge in [0.15, 0.2) is 11.5 Å². The lowest BCUT2D eigenvalue weighted by atomic mass is 10.2. The Hall–Kier alpha value is -4.13. The van der Waals surface area contributed by atoms with E-state index < -0.39 is 0 Å². The van der Waals surface area contributed by atoms with Crippen LogP contribution in [-0.4, -0.2) is 21.6 Å². The number of amides is 2. The number of carbonyl (C=O) groups is 2. The van der Waals surface area contributed by atoms with Crippen molar-refractivity contribution in [1.29, 1.82) is 0 Å². The van der Waals surface area contributed by atoms with E-state index >= 15 is 0 Å². The monoisotopic (exact) mass is 426 g/mol. The number of furan rings is 1. The highest BCUT2D eigenvalue weighted by atomic mass is 16.3. The molecule has 0 bridgehead atoms. The van der Waals surface area contributed by atoms with Crippen molar-refractivity contribution < 1.29 is 14.0 Å². The Labute approximate surface area is 185 Å². The van der Waals surface area contributed by atoms with Crippen molar-refractivity contribution in [3.05, 3.63) is 95.2 Å². The van der Waals surface area contributed by atoms with Gasteiger partial charge in [0.05, 0.1) is 12.0 Å². The summed E-state index contributed by atoms with van der Waals surface area (Å²) in [4.78, 5) is 25.3. The van der Waals surface area contributed by atoms with Crippen LogP contribution < -0.4 is 10.6 Å². The average Bonchev–Trinajstić information content (AvgIpc) is 3.53. The van der Waals surface area contributed by atoms with Crippen molar-refractivity contribution in [1.82, 2.24) is 9.78 Å². The van der Waals surface area contributed by atoms with Crippen LogP contribution in [0, 0.1) is 6.92 Å². The van der Waals surface area contributed by atoms with Crippen LogP contribution in [-0.2, 0) is 12.8 Å². The highest BCUT2D eigenvalue weighted by molar-refractivity contribution is 6.05. The first-order chi connectivity index (χ1) is 15.6. The summed E-state index contributed by atoms with van der Waals surface area (Å²) in [6.07, 6.45) is 4.19. The zero-order chi connectivity index (χ0) is 22.1. The van der Waals surface area contributed by atoms with Crippen molar-refractivity contribution >= 4 is 23.2 Å². The Balaban J connectivity index is 1.37. The minimum absolute atomic E-state index is 0.219. The maximum atomic E-state index is 13.1. The summed E-state index contributed by atoms with van der Waals surface area (Å²) >= 11 is 0. The molecule has 0 atom stereocenters. The van der Waals surface area contributed by atoms with E-state index in [4.69, 9.17) is 4.42 Å². The normalized spacial score (nSPS) is 12.4. The number of nitrogens with one attached hydrogen (secondary N) is 2. The van der Waals surface area contributed by atoms with Crippen LogP contribution in [0.3, 0.4) is 0 Å². The molecule has 160 valence electrons. The Morgan fingerprint density at radius 1 is 0.938 bits per heavy atom. The van der Waals surface area contributed by atoms with E-state index in [1.807, 2.05) is 35.9 Å². The molecule has 7 heteroatoms. The molecular formula is C25H22N4O3. The number of aryl methyl sites for hydroxylation is 1. The van der Waals surface area contributed by atoms with Crippen molar-refractivity contribution in [2.24, 2.45) is 0 Å². The van der Waals surface area contributed by atoms with Crippen molar-refractivity contribution in [2.45, 2.75) is 26.2 Å². The molecule has 2 aromatic heterocycles. The number of fused-ring (bicyclic) bond motifs is 1. The van der Waals surface area contributed by atoms with Crippen LogP contribution in [0.5, 0.6) is 0 Å². The molecule has 0 saturated heterocycles. The fourth-order valence-corrected chi connectivity index (χ4v) is 3.98. The number of aromatic nitrogens is 2. The third-order valence-corrected chi connectivity index (χ3v) is 5.55. The van der Waals surface area contributed by atoms with Crippen molar-refractivity contribution in [3.63, 3.8) is 0 Å². The summed E-state index contributed by atoms with van der Waals surface area (Å²) in [5, 5.41) is 10.3. The standard InChI is InChI=1S/C25H22N4O3/c1-16-10-12-19(13-11-16)29-21-8-3-7-20(21)23(28-29)25(31)27-18-6-2-5-17(15-18)26-24(30)22-9-4-14-32-22/h2,4-6,9-15H,3,7-8H2,1H3,(H,26,30)(H,27,31). The predicted molar refractivity (Wildman–Crippen MR) is 121 cm³/mol. The number of benzene rings is 2. The molecule has 2 heterocycles. The highest BCUT2D eigenvalue weighted by Crippen LogP contribution is 2.28. The second-order valence-electron chi connectivity index (χ2n) is 7.84. The zero-order valence-corrected chi connectivity index (χ0v) is 17.6. The lowest BCUT2D eigenvalue weighted by Gasteiger charge is -2.08. The Morgan fingerprint density at radius 2 is 1.69 bits per heavy atom. The maximum absolute atomic E-state index is 13.1. The molecule has 0 aliphatic heterocycles. The van der Waals surface area contributed by atoms with Crippen molar-refractivity contribution in [2.75, 3.05) is 10.6 Å². The van der Waals surface area contributed by atoms with Crippen LogP contribution in [0.4, 0.5) is 11.4 Å². The topological polar surface area (TPSA) is 89.2 Å². The van der Waals surface area contributed by atoms with Gasteiger partial charge in [0.1, 0.15) is 0 Å². The molecule has 0 fully saturated rings. The van der Waals surface area contributed by atoms with Crippen molar-refractivity contribution in [3.8, 4) is 5.69 Å². The Kier molecular flexibility index (Phi) is 5.07. The molecule has 1 aliphatic rings. The van der Waals surface area contributed by atoms with E-state index in [2.05, 4.69) is 15.7 Å². The van der Waals surface area contributed by atoms with Crippen LogP contribution in [0.15, 0.2) is 71.3 Å². The minimum atomic E-state index is -0.354. The quantitative estimate of drug-likeness (QED) is 0.481. The van der Waals surface area contributed by atoms with E-state index in [9.17, 15) is 9.59 Å². The number of rotatable bonds is 5. The van der Waals surface area contributed by atoms with E-state index in [1.165, 1.54) is 11.8 Å². The maximum Gasteiger partial charge on any atom is 0.291 e. The van der Waals surface area contributed by atoms with Gasteiger partial charge in [0, 0.05) is 22.6 Å². The van der Waals surface area contributed by atoms with Gasteiger partial charge in [0.2, 0.25) is 0 Å². The summed E-state index contributed by atoms with van der Waals surface area (Å²) in [7, 11) is 0. The van der Waals surface area contributed by atoms with Crippen LogP contribution >= 0.6 is 0 Å². The summed E-state index contributed by atoms with van der Waals surface area (Å²) in [6, 6.07) is 18.4. The van der Waals surface area contributed by atoms with Crippen LogP contribution in [0.25, 0.3) is 5.69 Å². The second kappa shape index (κ2) is 8.19. The van der Waals surface area contributed by atoms with Gasteiger partial charge in [0.25, 0.3) is 11.8 Å². The summed E-state index contributed by atoms with van der Waals surface area (Å²) < 4.78 is 7.00. The molecule has 32 heavy (non-hydrogen) atoms. The lowest BCUT2D eigenvalue weighted by molar-refractivity contribution is 0.0994. The zero-order valence-electron chi connectivity index (χ0n) is 17.6. The molecule has 2 aromatic carbocycles. The SMILES string of the molecule is Cc1ccc(-n2nc(C(=O)Nc3cccc(NC(=O)c4ccco4)c3)c3c2CCC3)cc1. The predicted octanol–water partition coefficient (Wildman–Crippen LogP) is 4.77. The number of carbonyl (C=O) groups excluding carboxylic acids is 2. The third kappa shape index (κ3) is 3.80. The highest BCUT2D eigenvalue weighted by Gasteiger charge is 2.27. The molecule has 0 spiro atoms. The number of nitrogens with zero attached hydrogens (tertiary/aromatic N) is 2. The molecule has 4 aromatic rings. The molecule has 0 saturated carbocycles. The Morgan fingerprint density at radius 3 is 2.41 bits per heavy atom. The first-order valence-corrected chi connectivity index (χ1v) is 10.5. The largest absolute Gasteiger partial charge is 0.459 e. The van der Waals surface area contributed by atoms with Crippen LogP contribution in [0.1, 0.15) is 44.3 Å². The molecule has 5 rings (SSSR count). The van der Waals surface area contributed by atoms with Crippen LogP contribution in [0.2, 0.25) is 0 Å². The minimum Gasteiger partial charge on any atom is -0.459 e. The van der Waals surface area contributed by atoms with Gasteiger partial charge in [-0.25, -0.2) is 4.68 Å². The molecule has 2 N–H and O–H groups in total. The van der Waals surface area contributed by atoms with Gasteiger partial charge in [-0.2, -0.15) is 5.10 Å². The third-order valence-electron chi connectivity index (χ3n) is 5.55. The molecular weight excluding hydrogens is 404 g/mol. The van der Waals surface area contributed by atoms with E-state index in [-0.39, 0.29) is 17.6 Å². The average molecular weight is 426 g/mol. The molecule has 7 nitrogen and oxygen atoms in total. The molecule has 2 amide bonds. The van der Waals surface area contributed by atoms with Gasteiger partial charge < -0.3 is 15.1 Å². The van der Waals surface area contributed by atoms with E-state index in [1.54, 1.807) is 36.4 Å². The van der Waals surface area contributed by atoms with E-state index in [0.717, 1.165) is 36.2 Å². The molecule has 1 aliphatic carbocycles.